The Morgan fingerprint density at radius 1 is 1.53 bits per heavy atom. The molecule has 0 amide bonds. The number of benzene rings is 1. The van der Waals surface area contributed by atoms with Gasteiger partial charge in [0.2, 0.25) is 0 Å². The zero-order valence-corrected chi connectivity index (χ0v) is 11.2. The largest absolute Gasteiger partial charge is 0.489 e. The van der Waals surface area contributed by atoms with Crippen LogP contribution in [0.5, 0.6) is 5.75 Å². The standard InChI is InChI=1S/C14H20ClNO/c1-3-13(16)7-12-5-4-6-14(8-12)17-10-11(2)9-15/h4-6,8-9,13H,3,7,10,16H2,1-2H3/b11-9+. The zero-order chi connectivity index (χ0) is 12.7. The molecule has 0 aliphatic heterocycles. The van der Waals surface area contributed by atoms with Crippen LogP contribution in [0.1, 0.15) is 25.8 Å². The van der Waals surface area contributed by atoms with Gasteiger partial charge in [0.05, 0.1) is 0 Å². The molecular weight excluding hydrogens is 234 g/mol. The smallest absolute Gasteiger partial charge is 0.120 e. The van der Waals surface area contributed by atoms with Gasteiger partial charge in [0.25, 0.3) is 0 Å². The summed E-state index contributed by atoms with van der Waals surface area (Å²) < 4.78 is 5.62. The maximum Gasteiger partial charge on any atom is 0.120 e. The molecule has 0 fully saturated rings. The van der Waals surface area contributed by atoms with Gasteiger partial charge in [-0.05, 0) is 43.0 Å². The number of halogens is 1. The Morgan fingerprint density at radius 3 is 2.94 bits per heavy atom. The minimum absolute atomic E-state index is 0.217. The molecule has 94 valence electrons. The van der Waals surface area contributed by atoms with Crippen molar-refractivity contribution < 1.29 is 4.74 Å². The Labute approximate surface area is 108 Å². The first-order valence-corrected chi connectivity index (χ1v) is 6.32. The number of nitrogens with two attached hydrogens (primary N) is 1. The second-order valence-corrected chi connectivity index (χ2v) is 4.48. The van der Waals surface area contributed by atoms with Gasteiger partial charge in [-0.3, -0.25) is 0 Å². The fourth-order valence-electron chi connectivity index (χ4n) is 1.44. The Hall–Kier alpha value is -0.990. The third-order valence-corrected chi connectivity index (χ3v) is 2.95. The van der Waals surface area contributed by atoms with Gasteiger partial charge in [0.1, 0.15) is 12.4 Å². The third kappa shape index (κ3) is 5.24. The van der Waals surface area contributed by atoms with Gasteiger partial charge in [-0.15, -0.1) is 0 Å². The van der Waals surface area contributed by atoms with Crippen LogP contribution < -0.4 is 10.5 Å². The van der Waals surface area contributed by atoms with Crippen LogP contribution in [0, 0.1) is 0 Å². The summed E-state index contributed by atoms with van der Waals surface area (Å²) in [7, 11) is 0. The first-order chi connectivity index (χ1) is 8.15. The SMILES string of the molecule is CCC(N)Cc1cccc(OC/C(C)=C/Cl)c1. The first kappa shape index (κ1) is 14.1. The highest BCUT2D eigenvalue weighted by molar-refractivity contribution is 6.25. The Morgan fingerprint density at radius 2 is 2.29 bits per heavy atom. The van der Waals surface area contributed by atoms with Crippen molar-refractivity contribution in [1.29, 1.82) is 0 Å². The number of rotatable bonds is 6. The van der Waals surface area contributed by atoms with Crippen LogP contribution in [0.4, 0.5) is 0 Å². The average Bonchev–Trinajstić information content (AvgIpc) is 2.36. The molecule has 0 radical (unpaired) electrons. The third-order valence-electron chi connectivity index (χ3n) is 2.57. The van der Waals surface area contributed by atoms with Gasteiger partial charge >= 0.3 is 0 Å². The maximum absolute atomic E-state index is 5.93. The Kier molecular flexibility index (Phi) is 6.09. The van der Waals surface area contributed by atoms with Crippen molar-refractivity contribution in [2.75, 3.05) is 6.61 Å². The molecule has 3 heteroatoms. The summed E-state index contributed by atoms with van der Waals surface area (Å²) >= 11 is 5.58. The molecule has 1 atom stereocenters. The quantitative estimate of drug-likeness (QED) is 0.842. The van der Waals surface area contributed by atoms with Crippen molar-refractivity contribution in [2.24, 2.45) is 5.73 Å². The van der Waals surface area contributed by atoms with E-state index < -0.39 is 0 Å². The Balaban J connectivity index is 2.59. The topological polar surface area (TPSA) is 35.2 Å². The monoisotopic (exact) mass is 253 g/mol. The summed E-state index contributed by atoms with van der Waals surface area (Å²) in [5.41, 5.74) is 9.68. The summed E-state index contributed by atoms with van der Waals surface area (Å²) in [6.45, 7) is 4.55. The summed E-state index contributed by atoms with van der Waals surface area (Å²) in [5, 5.41) is 0. The molecule has 0 bridgehead atoms. The van der Waals surface area contributed by atoms with E-state index in [9.17, 15) is 0 Å². The van der Waals surface area contributed by atoms with E-state index in [1.165, 1.54) is 11.1 Å². The maximum atomic E-state index is 5.93. The molecule has 2 N–H and O–H groups in total. The van der Waals surface area contributed by atoms with Crippen molar-refractivity contribution >= 4 is 11.6 Å². The highest BCUT2D eigenvalue weighted by Gasteiger charge is 2.02. The van der Waals surface area contributed by atoms with E-state index in [0.29, 0.717) is 6.61 Å². The summed E-state index contributed by atoms with van der Waals surface area (Å²) in [6.07, 6.45) is 1.87. The second kappa shape index (κ2) is 7.36. The van der Waals surface area contributed by atoms with E-state index >= 15 is 0 Å². The van der Waals surface area contributed by atoms with Crippen LogP contribution in [0.2, 0.25) is 0 Å². The lowest BCUT2D eigenvalue weighted by molar-refractivity contribution is 0.352. The van der Waals surface area contributed by atoms with E-state index in [4.69, 9.17) is 22.1 Å². The molecule has 1 aromatic rings. The van der Waals surface area contributed by atoms with Crippen LogP contribution >= 0.6 is 11.6 Å². The zero-order valence-electron chi connectivity index (χ0n) is 10.4. The molecule has 0 aliphatic rings. The van der Waals surface area contributed by atoms with Crippen LogP contribution in [0.15, 0.2) is 35.4 Å². The van der Waals surface area contributed by atoms with E-state index in [0.717, 1.165) is 24.2 Å². The fraction of sp³-hybridized carbons (Fsp3) is 0.429. The number of hydrogen-bond acceptors (Lipinski definition) is 2. The molecule has 17 heavy (non-hydrogen) atoms. The van der Waals surface area contributed by atoms with E-state index in [2.05, 4.69) is 13.0 Å². The molecule has 1 unspecified atom stereocenters. The predicted octanol–water partition coefficient (Wildman–Crippen LogP) is 3.49. The van der Waals surface area contributed by atoms with Gasteiger partial charge in [-0.2, -0.15) is 0 Å². The van der Waals surface area contributed by atoms with Crippen molar-refractivity contribution in [3.8, 4) is 5.75 Å². The van der Waals surface area contributed by atoms with Crippen molar-refractivity contribution in [3.05, 3.63) is 40.9 Å². The average molecular weight is 254 g/mol. The molecular formula is C14H20ClNO. The van der Waals surface area contributed by atoms with Gasteiger partial charge < -0.3 is 10.5 Å². The normalized spacial score (nSPS) is 13.5. The molecule has 0 saturated carbocycles. The van der Waals surface area contributed by atoms with E-state index in [1.807, 2.05) is 25.1 Å². The lowest BCUT2D eigenvalue weighted by Gasteiger charge is -2.11. The van der Waals surface area contributed by atoms with Crippen LogP contribution in [0.25, 0.3) is 0 Å². The second-order valence-electron chi connectivity index (χ2n) is 4.26. The van der Waals surface area contributed by atoms with Crippen molar-refractivity contribution in [1.82, 2.24) is 0 Å². The van der Waals surface area contributed by atoms with Crippen LogP contribution in [-0.4, -0.2) is 12.6 Å². The van der Waals surface area contributed by atoms with E-state index in [-0.39, 0.29) is 6.04 Å². The predicted molar refractivity (Wildman–Crippen MR) is 73.5 cm³/mol. The molecule has 0 spiro atoms. The highest BCUT2D eigenvalue weighted by Crippen LogP contribution is 2.15. The minimum atomic E-state index is 0.217. The lowest BCUT2D eigenvalue weighted by atomic mass is 10.0. The lowest BCUT2D eigenvalue weighted by Crippen LogP contribution is -2.21. The number of hydrogen-bond donors (Lipinski definition) is 1. The number of ether oxygens (including phenoxy) is 1. The van der Waals surface area contributed by atoms with Gasteiger partial charge in [0.15, 0.2) is 0 Å². The van der Waals surface area contributed by atoms with Crippen molar-refractivity contribution in [2.45, 2.75) is 32.7 Å². The Bertz CT molecular complexity index is 376. The van der Waals surface area contributed by atoms with Crippen LogP contribution in [0.3, 0.4) is 0 Å². The molecule has 0 saturated heterocycles. The van der Waals surface area contributed by atoms with Crippen molar-refractivity contribution in [3.63, 3.8) is 0 Å². The van der Waals surface area contributed by atoms with E-state index in [1.54, 1.807) is 0 Å². The molecule has 2 nitrogen and oxygen atoms in total. The van der Waals surface area contributed by atoms with Gasteiger partial charge in [-0.25, -0.2) is 0 Å². The van der Waals surface area contributed by atoms with Gasteiger partial charge in [-0.1, -0.05) is 30.7 Å². The minimum Gasteiger partial charge on any atom is -0.489 e. The molecule has 0 heterocycles. The van der Waals surface area contributed by atoms with Gasteiger partial charge in [0, 0.05) is 11.6 Å². The fourth-order valence-corrected chi connectivity index (χ4v) is 1.50. The first-order valence-electron chi connectivity index (χ1n) is 5.89. The molecule has 1 rings (SSSR count). The molecule has 0 aliphatic carbocycles. The molecule has 0 aromatic heterocycles. The summed E-state index contributed by atoms with van der Waals surface area (Å²) in [6, 6.07) is 8.27. The highest BCUT2D eigenvalue weighted by atomic mass is 35.5. The summed E-state index contributed by atoms with van der Waals surface area (Å²) in [4.78, 5) is 0. The molecule has 1 aromatic carbocycles. The summed E-state index contributed by atoms with van der Waals surface area (Å²) in [5.74, 6) is 0.865. The van der Waals surface area contributed by atoms with Crippen LogP contribution in [-0.2, 0) is 6.42 Å².